The second-order valence-corrected chi connectivity index (χ2v) is 11.9. The first-order chi connectivity index (χ1) is 17.7. The third-order valence-electron chi connectivity index (χ3n) is 5.54. The minimum atomic E-state index is -4.22. The van der Waals surface area contributed by atoms with Gasteiger partial charge in [-0.15, -0.1) is 0 Å². The van der Waals surface area contributed by atoms with E-state index in [0.717, 1.165) is 0 Å². The van der Waals surface area contributed by atoms with Crippen molar-refractivity contribution < 1.29 is 31.7 Å². The number of aryl methyl sites for hydroxylation is 2. The molecule has 1 amide bonds. The van der Waals surface area contributed by atoms with Gasteiger partial charge in [-0.25, -0.2) is 14.1 Å². The van der Waals surface area contributed by atoms with Crippen LogP contribution in [0.15, 0.2) is 53.6 Å². The molecule has 0 aliphatic carbocycles. The van der Waals surface area contributed by atoms with Gasteiger partial charge in [-0.05, 0) is 82.3 Å². The maximum Gasteiger partial charge on any atom is 0.281 e. The van der Waals surface area contributed by atoms with Crippen molar-refractivity contribution in [2.75, 3.05) is 6.61 Å². The Hall–Kier alpha value is -3.37. The summed E-state index contributed by atoms with van der Waals surface area (Å²) in [6.07, 6.45) is 1.20. The number of carbonyl (C=O) groups is 1. The number of ether oxygens (including phenoxy) is 1. The van der Waals surface area contributed by atoms with Crippen molar-refractivity contribution in [2.24, 2.45) is 5.92 Å². The molecular weight excluding hydrogens is 509 g/mol. The normalized spacial score (nSPS) is 12.0. The number of pyridine rings is 2. The van der Waals surface area contributed by atoms with Gasteiger partial charge in [-0.1, -0.05) is 19.9 Å². The lowest BCUT2D eigenvalue weighted by atomic mass is 9.98. The van der Waals surface area contributed by atoms with E-state index in [0.29, 0.717) is 47.8 Å². The van der Waals surface area contributed by atoms with Crippen LogP contribution < -0.4 is 9.46 Å². The quantitative estimate of drug-likeness (QED) is 0.321. The lowest BCUT2D eigenvalue weighted by Crippen LogP contribution is -2.32. The lowest BCUT2D eigenvalue weighted by Gasteiger charge is -2.17. The minimum Gasteiger partial charge on any atom is -0.493 e. The largest absolute Gasteiger partial charge is 0.493 e. The first-order valence-corrected chi connectivity index (χ1v) is 13.9. The summed E-state index contributed by atoms with van der Waals surface area (Å²) >= 11 is 0. The van der Waals surface area contributed by atoms with Crippen LogP contribution >= 0.6 is 0 Å². The van der Waals surface area contributed by atoms with Crippen LogP contribution in [-0.2, 0) is 16.4 Å². The highest BCUT2D eigenvalue weighted by atomic mass is 32.2. The molecule has 0 aliphatic heterocycles. The van der Waals surface area contributed by atoms with Gasteiger partial charge in [0.1, 0.15) is 11.6 Å². The zero-order chi connectivity index (χ0) is 28.1. The second-order valence-electron chi connectivity index (χ2n) is 10.3. The van der Waals surface area contributed by atoms with E-state index in [1.165, 1.54) is 36.4 Å². The average molecular weight is 550 g/mol. The highest BCUT2D eigenvalue weighted by molar-refractivity contribution is 7.90. The molecule has 0 aliphatic rings. The third kappa shape index (κ3) is 8.32. The zero-order valence-electron chi connectivity index (χ0n) is 22.3. The Kier molecular flexibility index (Phi) is 9.22. The number of hydrogen-bond donors (Lipinski definition) is 2. The van der Waals surface area contributed by atoms with Gasteiger partial charge in [-0.2, -0.15) is 8.42 Å². The molecule has 38 heavy (non-hydrogen) atoms. The number of benzene rings is 1. The van der Waals surface area contributed by atoms with Gasteiger partial charge in [0.05, 0.1) is 29.2 Å². The van der Waals surface area contributed by atoms with E-state index in [1.807, 2.05) is 13.8 Å². The summed E-state index contributed by atoms with van der Waals surface area (Å²) in [6.45, 7) is 9.40. The minimum absolute atomic E-state index is 0. The number of aromatic nitrogens is 2. The average Bonchev–Trinajstić information content (AvgIpc) is 2.81. The van der Waals surface area contributed by atoms with E-state index in [-0.39, 0.29) is 27.2 Å². The zero-order valence-corrected chi connectivity index (χ0v) is 23.1. The summed E-state index contributed by atoms with van der Waals surface area (Å²) in [5.41, 5.74) is 0.809. The first kappa shape index (κ1) is 29.2. The Balaban J connectivity index is 0.00000533. The second kappa shape index (κ2) is 12.0. The maximum atomic E-state index is 14.4. The molecule has 2 N–H and O–H groups in total. The fraction of sp³-hybridized carbons (Fsp3) is 0.393. The highest BCUT2D eigenvalue weighted by Crippen LogP contribution is 2.27. The Morgan fingerprint density at radius 2 is 1.89 bits per heavy atom. The summed E-state index contributed by atoms with van der Waals surface area (Å²) < 4.78 is 47.7. The molecule has 3 rings (SSSR count). The highest BCUT2D eigenvalue weighted by Gasteiger charge is 2.23. The van der Waals surface area contributed by atoms with Gasteiger partial charge in [0.2, 0.25) is 0 Å². The summed E-state index contributed by atoms with van der Waals surface area (Å²) in [5.74, 6) is -0.736. The van der Waals surface area contributed by atoms with Crippen molar-refractivity contribution in [3.63, 3.8) is 0 Å². The smallest absolute Gasteiger partial charge is 0.281 e. The van der Waals surface area contributed by atoms with Crippen LogP contribution in [-0.4, -0.2) is 41.6 Å². The van der Waals surface area contributed by atoms with E-state index in [9.17, 15) is 22.7 Å². The molecule has 0 bridgehead atoms. The van der Waals surface area contributed by atoms with Crippen molar-refractivity contribution in [3.8, 4) is 17.0 Å². The van der Waals surface area contributed by atoms with E-state index in [4.69, 9.17) is 4.74 Å². The Morgan fingerprint density at radius 1 is 1.16 bits per heavy atom. The number of carbonyl (C=O) groups excluding carboxylic acids is 1. The fourth-order valence-electron chi connectivity index (χ4n) is 3.70. The molecule has 3 aromatic rings. The van der Waals surface area contributed by atoms with Crippen molar-refractivity contribution in [1.29, 1.82) is 0 Å². The SMILES string of the molecule is Cc1cccc(S(=O)(=O)NC(=O)c2ccc(-c3cc(F)cc(OCC(C)C)c3)nc2CCCC(C)(C)O)n1.[HH].[HH].[HH]. The van der Waals surface area contributed by atoms with E-state index in [1.54, 1.807) is 32.9 Å². The van der Waals surface area contributed by atoms with Gasteiger partial charge in [-0.3, -0.25) is 9.78 Å². The van der Waals surface area contributed by atoms with Gasteiger partial charge in [0.25, 0.3) is 15.9 Å². The Bertz CT molecular complexity index is 1420. The van der Waals surface area contributed by atoms with Crippen LogP contribution in [0.3, 0.4) is 0 Å². The van der Waals surface area contributed by atoms with Crippen LogP contribution in [0, 0.1) is 18.7 Å². The van der Waals surface area contributed by atoms with Crippen LogP contribution in [0.5, 0.6) is 5.75 Å². The van der Waals surface area contributed by atoms with E-state index >= 15 is 0 Å². The molecule has 1 aromatic carbocycles. The van der Waals surface area contributed by atoms with Crippen molar-refractivity contribution in [2.45, 2.75) is 64.5 Å². The standard InChI is InChI=1S/C28H34FN3O5S.3H2/c1-18(2)17-37-22-15-20(14-21(29)16-22)24-12-11-23(25(31-24)9-7-13-28(4,5)34)27(33)32-38(35,36)26-10-6-8-19(3)30-26;;;/h6,8,10-12,14-16,18,34H,7,9,13,17H2,1-5H3,(H,32,33);3*1H. The molecule has 2 aromatic heterocycles. The number of hydrogen-bond acceptors (Lipinski definition) is 7. The van der Waals surface area contributed by atoms with Crippen LogP contribution in [0.2, 0.25) is 0 Å². The summed E-state index contributed by atoms with van der Waals surface area (Å²) in [4.78, 5) is 21.7. The molecule has 0 saturated carbocycles. The number of amides is 1. The van der Waals surface area contributed by atoms with Crippen LogP contribution in [0.4, 0.5) is 4.39 Å². The van der Waals surface area contributed by atoms with Gasteiger partial charge in [0, 0.05) is 21.6 Å². The number of halogens is 1. The molecule has 0 spiro atoms. The predicted molar refractivity (Wildman–Crippen MR) is 149 cm³/mol. The third-order valence-corrected chi connectivity index (χ3v) is 6.77. The molecule has 0 radical (unpaired) electrons. The molecule has 0 fully saturated rings. The molecule has 10 heteroatoms. The maximum absolute atomic E-state index is 14.4. The number of aliphatic hydroxyl groups is 1. The summed E-state index contributed by atoms with van der Waals surface area (Å²) in [7, 11) is -4.22. The first-order valence-electron chi connectivity index (χ1n) is 12.4. The number of nitrogens with zero attached hydrogens (tertiary/aromatic N) is 2. The lowest BCUT2D eigenvalue weighted by molar-refractivity contribution is 0.0689. The van der Waals surface area contributed by atoms with E-state index in [2.05, 4.69) is 14.7 Å². The van der Waals surface area contributed by atoms with Crippen LogP contribution in [0.1, 0.15) is 66.6 Å². The molecule has 0 atom stereocenters. The molecular formula is C28H40FN3O5S. The van der Waals surface area contributed by atoms with Crippen molar-refractivity contribution in [3.05, 3.63) is 71.3 Å². The number of rotatable bonds is 11. The summed E-state index contributed by atoms with van der Waals surface area (Å²) in [5, 5.41) is 9.85. The molecule has 0 saturated heterocycles. The van der Waals surface area contributed by atoms with Crippen LogP contribution in [0.25, 0.3) is 11.3 Å². The van der Waals surface area contributed by atoms with Crippen molar-refractivity contribution >= 4 is 15.9 Å². The molecule has 0 unspecified atom stereocenters. The molecule has 2 heterocycles. The number of nitrogens with one attached hydrogen (secondary N) is 1. The fourth-order valence-corrected chi connectivity index (χ4v) is 4.68. The Labute approximate surface area is 227 Å². The predicted octanol–water partition coefficient (Wildman–Crippen LogP) is 5.58. The molecule has 8 nitrogen and oxygen atoms in total. The molecule has 210 valence electrons. The Morgan fingerprint density at radius 3 is 2.55 bits per heavy atom. The summed E-state index contributed by atoms with van der Waals surface area (Å²) in [6, 6.07) is 11.8. The van der Waals surface area contributed by atoms with Gasteiger partial charge >= 0.3 is 0 Å². The topological polar surface area (TPSA) is 118 Å². The monoisotopic (exact) mass is 549 g/mol. The van der Waals surface area contributed by atoms with Gasteiger partial charge < -0.3 is 9.84 Å². The van der Waals surface area contributed by atoms with Gasteiger partial charge in [0.15, 0.2) is 5.03 Å². The van der Waals surface area contributed by atoms with E-state index < -0.39 is 27.3 Å². The number of sulfonamides is 1. The van der Waals surface area contributed by atoms with Crippen molar-refractivity contribution in [1.82, 2.24) is 14.7 Å².